The van der Waals surface area contributed by atoms with Crippen LogP contribution < -0.4 is 0 Å². The predicted molar refractivity (Wildman–Crippen MR) is 76.7 cm³/mol. The van der Waals surface area contributed by atoms with Gasteiger partial charge in [0.15, 0.2) is 6.29 Å². The summed E-state index contributed by atoms with van der Waals surface area (Å²) in [6, 6.07) is 1.94. The van der Waals surface area contributed by atoms with E-state index in [0.717, 1.165) is 0 Å². The van der Waals surface area contributed by atoms with Gasteiger partial charge in [-0.2, -0.15) is 5.26 Å². The number of ether oxygens (including phenoxy) is 2. The molecule has 0 N–H and O–H groups in total. The summed E-state index contributed by atoms with van der Waals surface area (Å²) in [7, 11) is 0. The average molecular weight is 306 g/mol. The molecule has 0 aromatic carbocycles. The van der Waals surface area contributed by atoms with E-state index in [-0.39, 0.29) is 43.1 Å². The minimum Gasteiger partial charge on any atom is -0.462 e. The summed E-state index contributed by atoms with van der Waals surface area (Å²) >= 11 is 0. The molecule has 0 saturated heterocycles. The lowest BCUT2D eigenvalue weighted by molar-refractivity contribution is 0.0511. The molecule has 0 unspecified atom stereocenters. The van der Waals surface area contributed by atoms with Crippen LogP contribution in [0.5, 0.6) is 0 Å². The molecule has 0 spiro atoms. The molecular weight excluding hydrogens is 288 g/mol. The Bertz CT molecular complexity index is 625. The van der Waals surface area contributed by atoms with Crippen molar-refractivity contribution < 1.29 is 23.9 Å². The molecule has 0 bridgehead atoms. The van der Waals surface area contributed by atoms with Crippen molar-refractivity contribution in [2.75, 3.05) is 13.2 Å². The van der Waals surface area contributed by atoms with Gasteiger partial charge in [-0.3, -0.25) is 4.79 Å². The molecule has 1 aromatic heterocycles. The van der Waals surface area contributed by atoms with E-state index in [1.165, 1.54) is 4.57 Å². The Balaban J connectivity index is 3.52. The Morgan fingerprint density at radius 3 is 2.32 bits per heavy atom. The third-order valence-corrected chi connectivity index (χ3v) is 3.05. The molecule has 0 saturated carbocycles. The lowest BCUT2D eigenvalue weighted by atomic mass is 10.1. The third kappa shape index (κ3) is 3.34. The number of rotatable bonds is 7. The van der Waals surface area contributed by atoms with Crippen molar-refractivity contribution in [1.29, 1.82) is 5.26 Å². The topological polar surface area (TPSA) is 98.4 Å². The van der Waals surface area contributed by atoms with E-state index < -0.39 is 11.9 Å². The second kappa shape index (κ2) is 7.98. The zero-order valence-electron chi connectivity index (χ0n) is 12.8. The number of carbonyl (C=O) groups is 3. The summed E-state index contributed by atoms with van der Waals surface area (Å²) in [4.78, 5) is 35.6. The SMILES string of the molecule is CCOC(=O)c1c(C)c(C(=O)OCC)n(CCC#N)c1C=O. The monoisotopic (exact) mass is 306 g/mol. The first-order valence-electron chi connectivity index (χ1n) is 6.92. The molecule has 0 aliphatic carbocycles. The van der Waals surface area contributed by atoms with Gasteiger partial charge in [0.25, 0.3) is 0 Å². The van der Waals surface area contributed by atoms with Gasteiger partial charge in [0, 0.05) is 6.54 Å². The predicted octanol–water partition coefficient (Wildman–Crippen LogP) is 1.88. The Morgan fingerprint density at radius 1 is 1.23 bits per heavy atom. The van der Waals surface area contributed by atoms with E-state index in [1.54, 1.807) is 20.8 Å². The zero-order chi connectivity index (χ0) is 16.7. The molecule has 0 amide bonds. The highest BCUT2D eigenvalue weighted by Crippen LogP contribution is 2.24. The van der Waals surface area contributed by atoms with Crippen LogP contribution in [0.1, 0.15) is 57.2 Å². The van der Waals surface area contributed by atoms with Crippen LogP contribution in [-0.2, 0) is 16.0 Å². The molecule has 7 heteroatoms. The quantitative estimate of drug-likeness (QED) is 0.563. The fourth-order valence-corrected chi connectivity index (χ4v) is 2.21. The van der Waals surface area contributed by atoms with Gasteiger partial charge >= 0.3 is 11.9 Å². The number of carbonyl (C=O) groups excluding carboxylic acids is 3. The van der Waals surface area contributed by atoms with Gasteiger partial charge < -0.3 is 14.0 Å². The Labute approximate surface area is 128 Å². The fourth-order valence-electron chi connectivity index (χ4n) is 2.21. The summed E-state index contributed by atoms with van der Waals surface area (Å²) in [6.07, 6.45) is 0.572. The summed E-state index contributed by atoms with van der Waals surface area (Å²) < 4.78 is 11.2. The average Bonchev–Trinajstić information content (AvgIpc) is 2.77. The third-order valence-electron chi connectivity index (χ3n) is 3.05. The van der Waals surface area contributed by atoms with Crippen molar-refractivity contribution >= 4 is 18.2 Å². The van der Waals surface area contributed by atoms with E-state index in [1.807, 2.05) is 6.07 Å². The lowest BCUT2D eigenvalue weighted by Crippen LogP contribution is -2.15. The number of esters is 2. The van der Waals surface area contributed by atoms with Gasteiger partial charge in [-0.05, 0) is 26.3 Å². The highest BCUT2D eigenvalue weighted by Gasteiger charge is 2.29. The molecule has 0 radical (unpaired) electrons. The molecule has 1 heterocycles. The molecule has 22 heavy (non-hydrogen) atoms. The molecule has 1 aromatic rings. The Morgan fingerprint density at radius 2 is 1.82 bits per heavy atom. The van der Waals surface area contributed by atoms with Crippen LogP contribution in [0, 0.1) is 18.3 Å². The molecule has 118 valence electrons. The summed E-state index contributed by atoms with van der Waals surface area (Å²) in [5.41, 5.74) is 0.478. The maximum atomic E-state index is 12.1. The van der Waals surface area contributed by atoms with E-state index in [4.69, 9.17) is 14.7 Å². The molecular formula is C15H18N2O5. The maximum absolute atomic E-state index is 12.1. The van der Waals surface area contributed by atoms with Gasteiger partial charge in [-0.25, -0.2) is 9.59 Å². The molecule has 0 aliphatic rings. The Kier molecular flexibility index (Phi) is 6.32. The van der Waals surface area contributed by atoms with E-state index >= 15 is 0 Å². The van der Waals surface area contributed by atoms with Crippen molar-refractivity contribution in [3.63, 3.8) is 0 Å². The minimum absolute atomic E-state index is 0.0225. The first-order chi connectivity index (χ1) is 10.5. The fraction of sp³-hybridized carbons (Fsp3) is 0.467. The largest absolute Gasteiger partial charge is 0.462 e. The van der Waals surface area contributed by atoms with Crippen LogP contribution in [0.3, 0.4) is 0 Å². The highest BCUT2D eigenvalue weighted by atomic mass is 16.5. The van der Waals surface area contributed by atoms with Gasteiger partial charge in [0.2, 0.25) is 0 Å². The van der Waals surface area contributed by atoms with Crippen LogP contribution in [-0.4, -0.2) is 36.0 Å². The first kappa shape index (κ1) is 17.4. The van der Waals surface area contributed by atoms with Crippen molar-refractivity contribution in [2.45, 2.75) is 33.7 Å². The number of aldehydes is 1. The van der Waals surface area contributed by atoms with Crippen molar-refractivity contribution in [1.82, 2.24) is 4.57 Å². The molecule has 7 nitrogen and oxygen atoms in total. The van der Waals surface area contributed by atoms with Crippen LogP contribution in [0.4, 0.5) is 0 Å². The van der Waals surface area contributed by atoms with Crippen LogP contribution in [0.2, 0.25) is 0 Å². The van der Waals surface area contributed by atoms with Crippen LogP contribution in [0.25, 0.3) is 0 Å². The Hall–Kier alpha value is -2.62. The molecule has 0 aliphatic heterocycles. The zero-order valence-corrected chi connectivity index (χ0v) is 12.8. The number of nitrogens with zero attached hydrogens (tertiary/aromatic N) is 2. The molecule has 0 fully saturated rings. The second-order valence-corrected chi connectivity index (χ2v) is 4.35. The van der Waals surface area contributed by atoms with Gasteiger partial charge in [-0.15, -0.1) is 0 Å². The summed E-state index contributed by atoms with van der Waals surface area (Å²) in [5, 5.41) is 8.73. The summed E-state index contributed by atoms with van der Waals surface area (Å²) in [6.45, 7) is 5.27. The van der Waals surface area contributed by atoms with Crippen LogP contribution in [0.15, 0.2) is 0 Å². The second-order valence-electron chi connectivity index (χ2n) is 4.35. The molecule has 1 rings (SSSR count). The minimum atomic E-state index is -0.677. The standard InChI is InChI=1S/C15H18N2O5/c1-4-21-14(19)12-10(3)13(15(20)22-5-2)17(8-6-7-16)11(12)9-18/h9H,4-6,8H2,1-3H3. The van der Waals surface area contributed by atoms with Gasteiger partial charge in [0.1, 0.15) is 5.69 Å². The van der Waals surface area contributed by atoms with Crippen molar-refractivity contribution in [3.8, 4) is 6.07 Å². The number of hydrogen-bond acceptors (Lipinski definition) is 6. The normalized spacial score (nSPS) is 9.91. The number of hydrogen-bond donors (Lipinski definition) is 0. The number of aromatic nitrogens is 1. The van der Waals surface area contributed by atoms with E-state index in [0.29, 0.717) is 11.8 Å². The van der Waals surface area contributed by atoms with Crippen LogP contribution >= 0.6 is 0 Å². The number of nitriles is 1. The lowest BCUT2D eigenvalue weighted by Gasteiger charge is -2.08. The van der Waals surface area contributed by atoms with Crippen molar-refractivity contribution in [3.05, 3.63) is 22.5 Å². The van der Waals surface area contributed by atoms with E-state index in [2.05, 4.69) is 0 Å². The first-order valence-corrected chi connectivity index (χ1v) is 6.92. The van der Waals surface area contributed by atoms with Gasteiger partial charge in [0.05, 0.1) is 37.0 Å². The van der Waals surface area contributed by atoms with Crippen molar-refractivity contribution in [2.24, 2.45) is 0 Å². The molecule has 0 atom stereocenters. The van der Waals surface area contributed by atoms with Gasteiger partial charge in [-0.1, -0.05) is 0 Å². The maximum Gasteiger partial charge on any atom is 0.355 e. The summed E-state index contributed by atoms with van der Waals surface area (Å²) in [5.74, 6) is -1.32. The highest BCUT2D eigenvalue weighted by molar-refractivity contribution is 6.03. The van der Waals surface area contributed by atoms with E-state index in [9.17, 15) is 14.4 Å². The smallest absolute Gasteiger partial charge is 0.355 e.